The number of carbonyl (C=O) groups excluding carboxylic acids is 4. The van der Waals surface area contributed by atoms with E-state index in [0.717, 1.165) is 26.3 Å². The van der Waals surface area contributed by atoms with E-state index in [0.29, 0.717) is 5.56 Å². The third-order valence-corrected chi connectivity index (χ3v) is 7.70. The lowest BCUT2D eigenvalue weighted by atomic mass is 10.2. The minimum absolute atomic E-state index is 0.153. The molecule has 0 radical (unpaired) electrons. The van der Waals surface area contributed by atoms with Crippen molar-refractivity contribution in [2.24, 2.45) is 5.10 Å². The van der Waals surface area contributed by atoms with Gasteiger partial charge in [0, 0.05) is 0 Å². The largest absolute Gasteiger partial charge is 0.493 e. The molecule has 1 unspecified atom stereocenters. The smallest absolute Gasteiger partial charge is 0.312 e. The van der Waals surface area contributed by atoms with Gasteiger partial charge in [0.25, 0.3) is 11.1 Å². The van der Waals surface area contributed by atoms with Gasteiger partial charge in [-0.15, -0.1) is 11.3 Å². The van der Waals surface area contributed by atoms with Crippen molar-refractivity contribution in [3.8, 4) is 11.5 Å². The number of para-hydroxylation sites is 1. The van der Waals surface area contributed by atoms with E-state index in [9.17, 15) is 19.2 Å². The average molecular weight is 531 g/mol. The van der Waals surface area contributed by atoms with Crippen LogP contribution < -0.4 is 20.2 Å². The Morgan fingerprint density at radius 2 is 2.06 bits per heavy atom. The fraction of sp³-hybridized carbons (Fsp3) is 0.182. The van der Waals surface area contributed by atoms with Crippen LogP contribution in [0.4, 0.5) is 4.79 Å². The summed E-state index contributed by atoms with van der Waals surface area (Å²) in [7, 11) is 1.41. The number of nitrogens with one attached hydrogen (secondary N) is 2. The van der Waals surface area contributed by atoms with E-state index in [1.165, 1.54) is 42.5 Å². The molecule has 13 heteroatoms. The maximum atomic E-state index is 12.2. The first-order valence-electron chi connectivity index (χ1n) is 10.1. The molecule has 2 N–H and O–H groups in total. The predicted molar refractivity (Wildman–Crippen MR) is 134 cm³/mol. The van der Waals surface area contributed by atoms with Gasteiger partial charge in [0.05, 0.1) is 35.7 Å². The summed E-state index contributed by atoms with van der Waals surface area (Å²) in [5.74, 6) is -0.894. The number of hydrazone groups is 1. The van der Waals surface area contributed by atoms with Gasteiger partial charge in [-0.1, -0.05) is 35.7 Å². The Morgan fingerprint density at radius 3 is 2.80 bits per heavy atom. The molecular formula is C22H18N4O6S3. The third-order valence-electron chi connectivity index (χ3n) is 4.53. The molecule has 0 aliphatic carbocycles. The van der Waals surface area contributed by atoms with Crippen molar-refractivity contribution in [2.45, 2.75) is 16.0 Å². The Kier molecular flexibility index (Phi) is 8.00. The van der Waals surface area contributed by atoms with Crippen molar-refractivity contribution in [2.75, 3.05) is 12.9 Å². The summed E-state index contributed by atoms with van der Waals surface area (Å²) in [5, 5.41) is 4.76. The Labute approximate surface area is 211 Å². The molecule has 2 aromatic carbocycles. The molecule has 2 heterocycles. The number of hydrogen-bond acceptors (Lipinski definition) is 11. The van der Waals surface area contributed by atoms with Gasteiger partial charge in [-0.05, 0) is 35.9 Å². The molecule has 10 nitrogen and oxygen atoms in total. The Hall–Kier alpha value is -3.42. The van der Waals surface area contributed by atoms with E-state index in [1.807, 2.05) is 24.3 Å². The van der Waals surface area contributed by atoms with Crippen molar-refractivity contribution < 1.29 is 28.7 Å². The SMILES string of the molecule is COc1cc(C=NNC(=O)CSc2nc3ccccc3s2)ccc1OC(=O)CC1SC(=O)NC1=O. The molecule has 0 bridgehead atoms. The Bertz CT molecular complexity index is 1290. The minimum atomic E-state index is -0.816. The maximum absolute atomic E-state index is 12.2. The first-order chi connectivity index (χ1) is 16.9. The number of rotatable bonds is 9. The van der Waals surface area contributed by atoms with Crippen LogP contribution in [0.15, 0.2) is 51.9 Å². The second-order valence-electron chi connectivity index (χ2n) is 7.00. The molecule has 0 spiro atoms. The molecule has 180 valence electrons. The molecule has 1 aliphatic heterocycles. The lowest BCUT2D eigenvalue weighted by molar-refractivity contribution is -0.136. The van der Waals surface area contributed by atoms with E-state index in [-0.39, 0.29) is 29.6 Å². The standard InChI is InChI=1S/C22H18N4O6S3/c1-31-15-8-12(6-7-14(15)32-19(28)9-17-20(29)25-21(30)34-17)10-23-26-18(27)11-33-22-24-13-4-2-3-5-16(13)35-22/h2-8,10,17H,9,11H2,1H3,(H,26,27)(H,25,29,30). The molecule has 1 aromatic heterocycles. The van der Waals surface area contributed by atoms with E-state index >= 15 is 0 Å². The zero-order valence-electron chi connectivity index (χ0n) is 18.2. The summed E-state index contributed by atoms with van der Waals surface area (Å²) >= 11 is 3.61. The highest BCUT2D eigenvalue weighted by Gasteiger charge is 2.34. The highest BCUT2D eigenvalue weighted by Crippen LogP contribution is 2.30. The molecule has 4 rings (SSSR count). The Balaban J connectivity index is 1.28. The van der Waals surface area contributed by atoms with E-state index in [2.05, 4.69) is 20.8 Å². The summed E-state index contributed by atoms with van der Waals surface area (Å²) < 4.78 is 12.4. The van der Waals surface area contributed by atoms with Crippen molar-refractivity contribution >= 4 is 74.3 Å². The number of amides is 3. The van der Waals surface area contributed by atoms with Gasteiger partial charge >= 0.3 is 5.97 Å². The van der Waals surface area contributed by atoms with Crippen LogP contribution in [0.25, 0.3) is 10.2 Å². The van der Waals surface area contributed by atoms with Gasteiger partial charge in [0.1, 0.15) is 5.25 Å². The van der Waals surface area contributed by atoms with E-state index in [1.54, 1.807) is 12.1 Å². The van der Waals surface area contributed by atoms with Crippen LogP contribution >= 0.6 is 34.9 Å². The molecule has 1 atom stereocenters. The monoisotopic (exact) mass is 530 g/mol. The molecule has 1 fully saturated rings. The van der Waals surface area contributed by atoms with Crippen LogP contribution in [0.3, 0.4) is 0 Å². The van der Waals surface area contributed by atoms with E-state index < -0.39 is 22.4 Å². The molecule has 35 heavy (non-hydrogen) atoms. The third kappa shape index (κ3) is 6.59. The van der Waals surface area contributed by atoms with Gasteiger partial charge in [0.2, 0.25) is 5.91 Å². The zero-order valence-corrected chi connectivity index (χ0v) is 20.6. The zero-order chi connectivity index (χ0) is 24.8. The van der Waals surface area contributed by atoms with Crippen molar-refractivity contribution in [1.82, 2.24) is 15.7 Å². The van der Waals surface area contributed by atoms with Gasteiger partial charge in [-0.3, -0.25) is 24.5 Å². The summed E-state index contributed by atoms with van der Waals surface area (Å²) in [4.78, 5) is 51.6. The molecule has 3 aromatic rings. The summed E-state index contributed by atoms with van der Waals surface area (Å²) in [6, 6.07) is 12.5. The molecule has 1 saturated heterocycles. The Morgan fingerprint density at radius 1 is 1.23 bits per heavy atom. The second-order valence-corrected chi connectivity index (χ2v) is 10.4. The van der Waals surface area contributed by atoms with Crippen molar-refractivity contribution in [1.29, 1.82) is 0 Å². The van der Waals surface area contributed by atoms with Gasteiger partial charge < -0.3 is 9.47 Å². The number of esters is 1. The van der Waals surface area contributed by atoms with E-state index in [4.69, 9.17) is 9.47 Å². The number of thioether (sulfide) groups is 2. The summed E-state index contributed by atoms with van der Waals surface area (Å²) in [5.41, 5.74) is 3.96. The van der Waals surface area contributed by atoms with Crippen LogP contribution in [0.1, 0.15) is 12.0 Å². The maximum Gasteiger partial charge on any atom is 0.312 e. The summed E-state index contributed by atoms with van der Waals surface area (Å²) in [6.45, 7) is 0. The first-order valence-corrected chi connectivity index (χ1v) is 12.8. The van der Waals surface area contributed by atoms with Crippen LogP contribution in [0.2, 0.25) is 0 Å². The average Bonchev–Trinajstić information content (AvgIpc) is 3.40. The molecule has 1 aliphatic rings. The van der Waals surface area contributed by atoms with Gasteiger partial charge in [-0.2, -0.15) is 5.10 Å². The fourth-order valence-electron chi connectivity index (χ4n) is 2.94. The number of thiazole rings is 1. The summed E-state index contributed by atoms with van der Waals surface area (Å²) in [6.07, 6.45) is 1.18. The first kappa shape index (κ1) is 24.7. The lowest BCUT2D eigenvalue weighted by Gasteiger charge is -2.10. The molecule has 0 saturated carbocycles. The lowest BCUT2D eigenvalue weighted by Crippen LogP contribution is -2.27. The normalized spacial score (nSPS) is 15.4. The number of fused-ring (bicyclic) bond motifs is 1. The number of ether oxygens (including phenoxy) is 2. The highest BCUT2D eigenvalue weighted by atomic mass is 32.2. The van der Waals surface area contributed by atoms with Gasteiger partial charge in [-0.25, -0.2) is 10.4 Å². The van der Waals surface area contributed by atoms with Gasteiger partial charge in [0.15, 0.2) is 15.8 Å². The number of methoxy groups -OCH3 is 1. The topological polar surface area (TPSA) is 136 Å². The minimum Gasteiger partial charge on any atom is -0.493 e. The van der Waals surface area contributed by atoms with Crippen LogP contribution in [-0.4, -0.2) is 52.3 Å². The van der Waals surface area contributed by atoms with Crippen LogP contribution in [0, 0.1) is 0 Å². The number of carbonyl (C=O) groups is 4. The highest BCUT2D eigenvalue weighted by molar-refractivity contribution is 8.15. The van der Waals surface area contributed by atoms with Crippen molar-refractivity contribution in [3.05, 3.63) is 48.0 Å². The number of imide groups is 1. The second kappa shape index (κ2) is 11.3. The fourth-order valence-corrected chi connectivity index (χ4v) is 5.61. The predicted octanol–water partition coefficient (Wildman–Crippen LogP) is 3.19. The quantitative estimate of drug-likeness (QED) is 0.140. The molecule has 3 amide bonds. The number of nitrogens with zero attached hydrogens (tertiary/aromatic N) is 2. The van der Waals surface area contributed by atoms with Crippen LogP contribution in [-0.2, 0) is 14.4 Å². The number of aromatic nitrogens is 1. The number of hydrogen-bond donors (Lipinski definition) is 2. The van der Waals surface area contributed by atoms with Crippen molar-refractivity contribution in [3.63, 3.8) is 0 Å². The molecular weight excluding hydrogens is 512 g/mol. The number of benzene rings is 2. The van der Waals surface area contributed by atoms with Crippen LogP contribution in [0.5, 0.6) is 11.5 Å².